The van der Waals surface area contributed by atoms with E-state index in [4.69, 9.17) is 43.6 Å². The number of benzene rings is 6. The van der Waals surface area contributed by atoms with Crippen LogP contribution in [0.25, 0.3) is 67.1 Å². The number of furan rings is 2. The van der Waals surface area contributed by atoms with Crippen LogP contribution < -0.4 is 0 Å². The Hall–Kier alpha value is -5.87. The third kappa shape index (κ3) is 9.08. The normalized spacial score (nSPS) is 10.8. The highest BCUT2D eigenvalue weighted by Crippen LogP contribution is 2.45. The van der Waals surface area contributed by atoms with E-state index in [1.54, 1.807) is 0 Å². The van der Waals surface area contributed by atoms with Gasteiger partial charge in [0.2, 0.25) is 11.4 Å². The highest BCUT2D eigenvalue weighted by atomic mass is 35.5. The van der Waals surface area contributed by atoms with Gasteiger partial charge in [0.1, 0.15) is 34.4 Å². The number of halogens is 3. The summed E-state index contributed by atoms with van der Waals surface area (Å²) in [5.74, 6) is 1.54. The largest absolute Gasteiger partial charge is 0.437 e. The van der Waals surface area contributed by atoms with Crippen molar-refractivity contribution in [3.8, 4) is 44.9 Å². The lowest BCUT2D eigenvalue weighted by Gasteiger charge is -2.07. The van der Waals surface area contributed by atoms with Gasteiger partial charge in [0.05, 0.1) is 20.8 Å². The number of hydrogen-bond acceptors (Lipinski definition) is 8. The van der Waals surface area contributed by atoms with Gasteiger partial charge in [-0.3, -0.25) is 0 Å². The lowest BCUT2D eigenvalue weighted by Crippen LogP contribution is -1.87. The number of hydrogen-bond donors (Lipinski definition) is 1. The molecule has 0 unspecified atom stereocenters. The Labute approximate surface area is 365 Å². The van der Waals surface area contributed by atoms with Crippen LogP contribution in [0.15, 0.2) is 206 Å². The first-order chi connectivity index (χ1) is 29.0. The molecule has 288 valence electrons. The SMILES string of the molecule is Clc1ccccc1Sc1ncnc2oc(-c3ccccc3)c(-c3ccccc3)c12.Clc1ncnc2oc(-c3ccccc3)c(-c3ccccc3)c12.Sc1ccccc1Cl. The van der Waals surface area contributed by atoms with Crippen LogP contribution in [0, 0.1) is 0 Å². The summed E-state index contributed by atoms with van der Waals surface area (Å²) in [6, 6.07) is 55.4. The third-order valence-electron chi connectivity index (χ3n) is 8.99. The second-order valence-corrected chi connectivity index (χ2v) is 15.4. The summed E-state index contributed by atoms with van der Waals surface area (Å²) >= 11 is 23.9. The van der Waals surface area contributed by atoms with E-state index in [9.17, 15) is 0 Å². The second-order valence-electron chi connectivity index (χ2n) is 12.8. The minimum atomic E-state index is 0.398. The Morgan fingerprint density at radius 3 is 1.34 bits per heavy atom. The van der Waals surface area contributed by atoms with Gasteiger partial charge in [-0.05, 0) is 35.4 Å². The van der Waals surface area contributed by atoms with Crippen LogP contribution in [0.4, 0.5) is 0 Å². The number of nitrogens with zero attached hydrogens (tertiary/aromatic N) is 4. The number of rotatable bonds is 6. The molecule has 10 rings (SSSR count). The van der Waals surface area contributed by atoms with E-state index in [1.165, 1.54) is 24.4 Å². The number of thiol groups is 1. The standard InChI is InChI=1S/C24H15ClN2OS.C18H11ClN2O.C6H5ClS/c25-18-13-7-8-14-19(18)29-24-21-20(16-9-3-1-4-10-16)22(17-11-5-2-6-12-17)28-23(21)26-15-27-24;19-17-15-14(12-7-3-1-4-8-12)16(13-9-5-2-6-10-13)22-18(15)21-11-20-17;7-5-3-1-2-4-6(5)8/h1-15H;1-11H;1-4,8H. The second kappa shape index (κ2) is 18.8. The zero-order chi connectivity index (χ0) is 40.6. The molecule has 4 aromatic heterocycles. The molecule has 0 saturated carbocycles. The molecule has 0 bridgehead atoms. The molecule has 0 aliphatic heterocycles. The Morgan fingerprint density at radius 1 is 0.424 bits per heavy atom. The molecule has 10 aromatic rings. The van der Waals surface area contributed by atoms with Crippen LogP contribution in [-0.2, 0) is 0 Å². The average Bonchev–Trinajstić information content (AvgIpc) is 3.89. The van der Waals surface area contributed by atoms with E-state index in [1.807, 2.05) is 158 Å². The smallest absolute Gasteiger partial charge is 0.231 e. The summed E-state index contributed by atoms with van der Waals surface area (Å²) in [6.07, 6.45) is 2.95. The van der Waals surface area contributed by atoms with Crippen LogP contribution >= 0.6 is 59.2 Å². The van der Waals surface area contributed by atoms with Crippen molar-refractivity contribution >= 4 is 81.4 Å². The van der Waals surface area contributed by atoms with Crippen molar-refractivity contribution in [1.29, 1.82) is 0 Å². The summed E-state index contributed by atoms with van der Waals surface area (Å²) < 4.78 is 12.2. The Morgan fingerprint density at radius 2 is 0.847 bits per heavy atom. The maximum absolute atomic E-state index is 6.40. The topological polar surface area (TPSA) is 77.8 Å². The minimum Gasteiger partial charge on any atom is -0.437 e. The molecule has 0 aliphatic carbocycles. The molecule has 0 radical (unpaired) electrons. The first-order valence-electron chi connectivity index (χ1n) is 18.2. The molecule has 0 amide bonds. The fraction of sp³-hybridized carbons (Fsp3) is 0. The summed E-state index contributed by atoms with van der Waals surface area (Å²) in [5.41, 5.74) is 7.03. The van der Waals surface area contributed by atoms with Gasteiger partial charge in [-0.2, -0.15) is 0 Å². The van der Waals surface area contributed by atoms with Crippen molar-refractivity contribution < 1.29 is 8.83 Å². The Bertz CT molecular complexity index is 2950. The van der Waals surface area contributed by atoms with E-state index in [0.29, 0.717) is 26.6 Å². The van der Waals surface area contributed by atoms with Crippen LogP contribution in [0.3, 0.4) is 0 Å². The molecule has 0 saturated heterocycles. The molecule has 6 aromatic carbocycles. The zero-order valence-corrected chi connectivity index (χ0v) is 34.9. The summed E-state index contributed by atoms with van der Waals surface area (Å²) in [7, 11) is 0. The van der Waals surface area contributed by atoms with Gasteiger partial charge in [-0.15, -0.1) is 12.6 Å². The highest BCUT2D eigenvalue weighted by molar-refractivity contribution is 7.99. The van der Waals surface area contributed by atoms with Crippen molar-refractivity contribution in [1.82, 2.24) is 19.9 Å². The van der Waals surface area contributed by atoms with Gasteiger partial charge >= 0.3 is 0 Å². The molecule has 11 heteroatoms. The molecule has 0 N–H and O–H groups in total. The van der Waals surface area contributed by atoms with Crippen molar-refractivity contribution in [2.45, 2.75) is 14.8 Å². The van der Waals surface area contributed by atoms with Crippen LogP contribution in [-0.4, -0.2) is 19.9 Å². The number of fused-ring (bicyclic) bond motifs is 2. The van der Waals surface area contributed by atoms with Crippen molar-refractivity contribution in [2.75, 3.05) is 0 Å². The van der Waals surface area contributed by atoms with Gasteiger partial charge < -0.3 is 8.83 Å². The molecule has 4 heterocycles. The van der Waals surface area contributed by atoms with Gasteiger partial charge in [0, 0.05) is 32.0 Å². The van der Waals surface area contributed by atoms with Gasteiger partial charge in [-0.25, -0.2) is 19.9 Å². The molecule has 0 spiro atoms. The molecule has 0 aliphatic rings. The van der Waals surface area contributed by atoms with Crippen LogP contribution in [0.2, 0.25) is 15.2 Å². The fourth-order valence-corrected chi connectivity index (χ4v) is 7.99. The average molecular weight is 866 g/mol. The Balaban J connectivity index is 0.000000142. The predicted molar refractivity (Wildman–Crippen MR) is 245 cm³/mol. The summed E-state index contributed by atoms with van der Waals surface area (Å²) in [6.45, 7) is 0. The fourth-order valence-electron chi connectivity index (χ4n) is 6.31. The van der Waals surface area contributed by atoms with Crippen LogP contribution in [0.5, 0.6) is 0 Å². The van der Waals surface area contributed by atoms with E-state index < -0.39 is 0 Å². The van der Waals surface area contributed by atoms with E-state index in [2.05, 4.69) is 44.7 Å². The van der Waals surface area contributed by atoms with Gasteiger partial charge in [-0.1, -0.05) is 192 Å². The van der Waals surface area contributed by atoms with Gasteiger partial charge in [0.25, 0.3) is 0 Å². The van der Waals surface area contributed by atoms with E-state index in [0.717, 1.165) is 70.5 Å². The predicted octanol–water partition coefficient (Wildman–Crippen LogP) is 15.2. The van der Waals surface area contributed by atoms with Gasteiger partial charge in [0.15, 0.2) is 0 Å². The van der Waals surface area contributed by atoms with Crippen LogP contribution in [0.1, 0.15) is 0 Å². The zero-order valence-electron chi connectivity index (χ0n) is 30.9. The van der Waals surface area contributed by atoms with Crippen molar-refractivity contribution in [2.24, 2.45) is 0 Å². The highest BCUT2D eigenvalue weighted by Gasteiger charge is 2.23. The van der Waals surface area contributed by atoms with E-state index in [-0.39, 0.29) is 0 Å². The molecule has 6 nitrogen and oxygen atoms in total. The maximum atomic E-state index is 6.40. The maximum Gasteiger partial charge on any atom is 0.231 e. The monoisotopic (exact) mass is 864 g/mol. The third-order valence-corrected chi connectivity index (χ3v) is 11.6. The summed E-state index contributed by atoms with van der Waals surface area (Å²) in [5, 5.41) is 4.24. The minimum absolute atomic E-state index is 0.398. The first-order valence-corrected chi connectivity index (χ1v) is 20.6. The molecule has 59 heavy (non-hydrogen) atoms. The van der Waals surface area contributed by atoms with Crippen molar-refractivity contribution in [3.05, 3.63) is 198 Å². The van der Waals surface area contributed by atoms with E-state index >= 15 is 0 Å². The Kier molecular flexibility index (Phi) is 12.7. The number of aromatic nitrogens is 4. The molecular formula is C48H31Cl3N4O2S2. The molecular weight excluding hydrogens is 835 g/mol. The molecule has 0 atom stereocenters. The first kappa shape index (κ1) is 39.9. The lowest BCUT2D eigenvalue weighted by molar-refractivity contribution is 0.617. The van der Waals surface area contributed by atoms with Crippen molar-refractivity contribution in [3.63, 3.8) is 0 Å². The lowest BCUT2D eigenvalue weighted by atomic mass is 10.00. The molecule has 0 fully saturated rings. The summed E-state index contributed by atoms with van der Waals surface area (Å²) in [4.78, 5) is 19.1. The quantitative estimate of drug-likeness (QED) is 0.132.